The summed E-state index contributed by atoms with van der Waals surface area (Å²) in [6.07, 6.45) is 2.59. The summed E-state index contributed by atoms with van der Waals surface area (Å²) in [7, 11) is 0. The molecule has 1 saturated heterocycles. The van der Waals surface area contributed by atoms with Crippen LogP contribution in [0, 0.1) is 5.92 Å². The molecule has 0 aliphatic carbocycles. The molecule has 0 saturated carbocycles. The van der Waals surface area contributed by atoms with E-state index in [2.05, 4.69) is 35.6 Å². The largest absolute Gasteiger partial charge is 0.316 e. The van der Waals surface area contributed by atoms with Gasteiger partial charge in [0.15, 0.2) is 0 Å². The number of hydrogen-bond donors (Lipinski definition) is 1. The van der Waals surface area contributed by atoms with E-state index in [0.717, 1.165) is 5.92 Å². The number of aryl methyl sites for hydroxylation is 1. The highest BCUT2D eigenvalue weighted by Crippen LogP contribution is 2.12. The van der Waals surface area contributed by atoms with Gasteiger partial charge >= 0.3 is 0 Å². The topological polar surface area (TPSA) is 12.0 Å². The molecule has 0 bridgehead atoms. The van der Waals surface area contributed by atoms with Crippen LogP contribution in [0.4, 0.5) is 0 Å². The van der Waals surface area contributed by atoms with Gasteiger partial charge in [0, 0.05) is 0 Å². The maximum Gasteiger partial charge on any atom is -0.000814 e. The Morgan fingerprint density at radius 2 is 1.85 bits per heavy atom. The van der Waals surface area contributed by atoms with Gasteiger partial charge in [0.2, 0.25) is 0 Å². The third-order valence-electron chi connectivity index (χ3n) is 2.55. The van der Waals surface area contributed by atoms with E-state index in [0.29, 0.717) is 0 Å². The van der Waals surface area contributed by atoms with Gasteiger partial charge < -0.3 is 5.32 Å². The Kier molecular flexibility index (Phi) is 4.26. The zero-order valence-corrected chi connectivity index (χ0v) is 8.52. The molecule has 1 heterocycles. The highest BCUT2D eigenvalue weighted by molar-refractivity contribution is 5.85. The minimum Gasteiger partial charge on any atom is -0.316 e. The summed E-state index contributed by atoms with van der Waals surface area (Å²) in [6.45, 7) is 2.46. The maximum absolute atomic E-state index is 3.30. The van der Waals surface area contributed by atoms with Gasteiger partial charge in [0.05, 0.1) is 0 Å². The van der Waals surface area contributed by atoms with Crippen molar-refractivity contribution in [3.05, 3.63) is 35.9 Å². The van der Waals surface area contributed by atoms with Crippen LogP contribution in [0.2, 0.25) is 0 Å². The first-order valence-electron chi connectivity index (χ1n) is 4.70. The minimum atomic E-state index is 0. The molecule has 1 aliphatic rings. The van der Waals surface area contributed by atoms with Crippen LogP contribution >= 0.6 is 12.4 Å². The molecule has 0 aromatic heterocycles. The molecule has 0 amide bonds. The van der Waals surface area contributed by atoms with Crippen molar-refractivity contribution in [1.29, 1.82) is 0 Å². The molecule has 2 rings (SSSR count). The fourth-order valence-corrected chi connectivity index (χ4v) is 1.57. The van der Waals surface area contributed by atoms with E-state index in [1.165, 1.54) is 31.5 Å². The summed E-state index contributed by atoms with van der Waals surface area (Å²) in [6, 6.07) is 10.7. The second kappa shape index (κ2) is 5.25. The molecule has 1 nitrogen and oxygen atoms in total. The van der Waals surface area contributed by atoms with Crippen molar-refractivity contribution < 1.29 is 0 Å². The third kappa shape index (κ3) is 3.02. The maximum atomic E-state index is 3.30. The predicted octanol–water partition coefficient (Wildman–Crippen LogP) is 2.26. The van der Waals surface area contributed by atoms with Crippen LogP contribution in [0.15, 0.2) is 30.3 Å². The first-order chi connectivity index (χ1) is 5.95. The Morgan fingerprint density at radius 1 is 1.15 bits per heavy atom. The number of nitrogens with one attached hydrogen (secondary N) is 1. The first-order valence-corrected chi connectivity index (χ1v) is 4.70. The van der Waals surface area contributed by atoms with Gasteiger partial charge in [-0.05, 0) is 37.4 Å². The van der Waals surface area contributed by atoms with Gasteiger partial charge in [-0.25, -0.2) is 0 Å². The minimum absolute atomic E-state index is 0. The summed E-state index contributed by atoms with van der Waals surface area (Å²) < 4.78 is 0. The fraction of sp³-hybridized carbons (Fsp3) is 0.455. The van der Waals surface area contributed by atoms with Crippen LogP contribution in [-0.4, -0.2) is 13.1 Å². The Hall–Kier alpha value is -0.530. The van der Waals surface area contributed by atoms with Crippen LogP contribution in [0.3, 0.4) is 0 Å². The van der Waals surface area contributed by atoms with E-state index < -0.39 is 0 Å². The van der Waals surface area contributed by atoms with Crippen molar-refractivity contribution in [1.82, 2.24) is 5.32 Å². The molecule has 0 spiro atoms. The van der Waals surface area contributed by atoms with Crippen molar-refractivity contribution in [2.45, 2.75) is 12.8 Å². The average Bonchev–Trinajstić information content (AvgIpc) is 2.04. The standard InChI is InChI=1S/C11H15N.ClH/c1-2-4-10(5-3-1)6-7-11-8-12-9-11;/h1-5,11-12H,6-9H2;1H. The van der Waals surface area contributed by atoms with Gasteiger partial charge in [-0.1, -0.05) is 30.3 Å². The van der Waals surface area contributed by atoms with Crippen LogP contribution in [0.1, 0.15) is 12.0 Å². The van der Waals surface area contributed by atoms with E-state index in [1.54, 1.807) is 0 Å². The molecular formula is C11H16ClN. The lowest BCUT2D eigenvalue weighted by Gasteiger charge is -2.26. The third-order valence-corrected chi connectivity index (χ3v) is 2.55. The van der Waals surface area contributed by atoms with Crippen LogP contribution in [0.5, 0.6) is 0 Å². The number of benzene rings is 1. The molecule has 1 aromatic rings. The average molecular weight is 198 g/mol. The Balaban J connectivity index is 0.000000845. The summed E-state index contributed by atoms with van der Waals surface area (Å²) in [4.78, 5) is 0. The molecule has 1 fully saturated rings. The first kappa shape index (κ1) is 10.6. The van der Waals surface area contributed by atoms with E-state index >= 15 is 0 Å². The molecule has 0 radical (unpaired) electrons. The monoisotopic (exact) mass is 197 g/mol. The van der Waals surface area contributed by atoms with Gasteiger partial charge in [0.25, 0.3) is 0 Å². The van der Waals surface area contributed by atoms with Gasteiger partial charge in [-0.3, -0.25) is 0 Å². The highest BCUT2D eigenvalue weighted by atomic mass is 35.5. The second-order valence-corrected chi connectivity index (χ2v) is 3.55. The molecular weight excluding hydrogens is 182 g/mol. The smallest absolute Gasteiger partial charge is 0.000814 e. The SMILES string of the molecule is Cl.c1ccc(CCC2CNC2)cc1. The van der Waals surface area contributed by atoms with Gasteiger partial charge in [-0.2, -0.15) is 0 Å². The zero-order valence-electron chi connectivity index (χ0n) is 7.70. The number of rotatable bonds is 3. The Labute approximate surface area is 86.0 Å². The molecule has 1 aliphatic heterocycles. The summed E-state index contributed by atoms with van der Waals surface area (Å²) in [5.74, 6) is 0.935. The van der Waals surface area contributed by atoms with Crippen molar-refractivity contribution in [2.24, 2.45) is 5.92 Å². The number of halogens is 1. The molecule has 1 N–H and O–H groups in total. The molecule has 1 aromatic carbocycles. The lowest BCUT2D eigenvalue weighted by molar-refractivity contribution is 0.328. The molecule has 2 heteroatoms. The Morgan fingerprint density at radius 3 is 2.38 bits per heavy atom. The van der Waals surface area contributed by atoms with Crippen LogP contribution in [0.25, 0.3) is 0 Å². The Bertz CT molecular complexity index is 231. The lowest BCUT2D eigenvalue weighted by Crippen LogP contribution is -2.42. The summed E-state index contributed by atoms with van der Waals surface area (Å²) >= 11 is 0. The van der Waals surface area contributed by atoms with Crippen molar-refractivity contribution in [3.8, 4) is 0 Å². The zero-order chi connectivity index (χ0) is 8.23. The molecule has 72 valence electrons. The normalized spacial score (nSPS) is 16.0. The van der Waals surface area contributed by atoms with Crippen molar-refractivity contribution in [2.75, 3.05) is 13.1 Å². The predicted molar refractivity (Wildman–Crippen MR) is 58.4 cm³/mol. The summed E-state index contributed by atoms with van der Waals surface area (Å²) in [5.41, 5.74) is 1.48. The van der Waals surface area contributed by atoms with Crippen LogP contribution in [-0.2, 0) is 6.42 Å². The number of hydrogen-bond acceptors (Lipinski definition) is 1. The highest BCUT2D eigenvalue weighted by Gasteiger charge is 2.15. The quantitative estimate of drug-likeness (QED) is 0.784. The van der Waals surface area contributed by atoms with Gasteiger partial charge in [-0.15, -0.1) is 12.4 Å². The summed E-state index contributed by atoms with van der Waals surface area (Å²) in [5, 5.41) is 3.30. The van der Waals surface area contributed by atoms with Crippen molar-refractivity contribution in [3.63, 3.8) is 0 Å². The fourth-order valence-electron chi connectivity index (χ4n) is 1.57. The van der Waals surface area contributed by atoms with E-state index in [4.69, 9.17) is 0 Å². The van der Waals surface area contributed by atoms with Crippen LogP contribution < -0.4 is 5.32 Å². The van der Waals surface area contributed by atoms with E-state index in [9.17, 15) is 0 Å². The van der Waals surface area contributed by atoms with Gasteiger partial charge in [0.1, 0.15) is 0 Å². The molecule has 13 heavy (non-hydrogen) atoms. The second-order valence-electron chi connectivity index (χ2n) is 3.55. The van der Waals surface area contributed by atoms with E-state index in [1.807, 2.05) is 0 Å². The lowest BCUT2D eigenvalue weighted by atomic mass is 9.95. The molecule has 0 atom stereocenters. The molecule has 0 unspecified atom stereocenters. The van der Waals surface area contributed by atoms with Crippen molar-refractivity contribution >= 4 is 12.4 Å². The van der Waals surface area contributed by atoms with E-state index in [-0.39, 0.29) is 12.4 Å².